The summed E-state index contributed by atoms with van der Waals surface area (Å²) in [6.45, 7) is 6.34. The van der Waals surface area contributed by atoms with Crippen LogP contribution in [0.15, 0.2) is 52.4 Å². The summed E-state index contributed by atoms with van der Waals surface area (Å²) < 4.78 is 0. The highest BCUT2D eigenvalue weighted by molar-refractivity contribution is 5.84. The van der Waals surface area contributed by atoms with Gasteiger partial charge in [0.15, 0.2) is 0 Å². The average molecular weight is 310 g/mol. The molecule has 2 aromatic rings. The van der Waals surface area contributed by atoms with Gasteiger partial charge in [-0.15, -0.1) is 0 Å². The van der Waals surface area contributed by atoms with E-state index in [9.17, 15) is 10.2 Å². The maximum Gasteiger partial charge on any atom is 0.124 e. The van der Waals surface area contributed by atoms with E-state index in [1.807, 2.05) is 45.0 Å². The minimum atomic E-state index is -0.404. The summed E-state index contributed by atoms with van der Waals surface area (Å²) in [6.07, 6.45) is 3.32. The lowest BCUT2D eigenvalue weighted by atomic mass is 10.1. The Hall–Kier alpha value is -2.62. The Kier molecular flexibility index (Phi) is 5.16. The van der Waals surface area contributed by atoms with Gasteiger partial charge in [0, 0.05) is 23.6 Å². The lowest BCUT2D eigenvalue weighted by molar-refractivity contribution is 0.473. The fourth-order valence-electron chi connectivity index (χ4n) is 2.01. The van der Waals surface area contributed by atoms with Crippen LogP contribution in [-0.2, 0) is 0 Å². The van der Waals surface area contributed by atoms with Gasteiger partial charge in [0.05, 0.1) is 12.1 Å². The van der Waals surface area contributed by atoms with Crippen LogP contribution < -0.4 is 0 Å². The van der Waals surface area contributed by atoms with E-state index in [1.165, 1.54) is 0 Å². The zero-order chi connectivity index (χ0) is 16.9. The Morgan fingerprint density at radius 1 is 0.957 bits per heavy atom. The lowest BCUT2D eigenvalue weighted by Crippen LogP contribution is -2.21. The van der Waals surface area contributed by atoms with Crippen LogP contribution in [0.3, 0.4) is 0 Å². The predicted octanol–water partition coefficient (Wildman–Crippen LogP) is 3.72. The molecule has 0 saturated carbocycles. The minimum absolute atomic E-state index is 0.208. The van der Waals surface area contributed by atoms with Crippen molar-refractivity contribution in [1.29, 1.82) is 0 Å². The number of benzene rings is 2. The van der Waals surface area contributed by atoms with Gasteiger partial charge in [0.25, 0.3) is 0 Å². The minimum Gasteiger partial charge on any atom is -0.507 e. The van der Waals surface area contributed by atoms with E-state index < -0.39 is 5.54 Å². The van der Waals surface area contributed by atoms with E-state index in [2.05, 4.69) is 9.98 Å². The molecule has 0 amide bonds. The quantitative estimate of drug-likeness (QED) is 0.827. The Morgan fingerprint density at radius 3 is 2.35 bits per heavy atom. The van der Waals surface area contributed by atoms with Crippen molar-refractivity contribution in [2.24, 2.45) is 9.98 Å². The van der Waals surface area contributed by atoms with Gasteiger partial charge in [0.2, 0.25) is 0 Å². The molecule has 0 atom stereocenters. The van der Waals surface area contributed by atoms with Gasteiger partial charge in [-0.2, -0.15) is 0 Å². The summed E-state index contributed by atoms with van der Waals surface area (Å²) in [4.78, 5) is 8.87. The van der Waals surface area contributed by atoms with Gasteiger partial charge in [-0.05, 0) is 50.6 Å². The second-order valence-corrected chi connectivity index (χ2v) is 6.16. The molecule has 4 nitrogen and oxygen atoms in total. The third-order valence-electron chi connectivity index (χ3n) is 3.38. The number of aliphatic imine (C=N–C) groups is 2. The van der Waals surface area contributed by atoms with Crippen LogP contribution in [0.25, 0.3) is 0 Å². The lowest BCUT2D eigenvalue weighted by Gasteiger charge is -2.16. The molecule has 0 aromatic heterocycles. The molecule has 0 aliphatic rings. The molecular weight excluding hydrogens is 288 g/mol. The highest BCUT2D eigenvalue weighted by Gasteiger charge is 2.14. The maximum absolute atomic E-state index is 9.85. The van der Waals surface area contributed by atoms with Crippen LogP contribution >= 0.6 is 0 Å². The molecule has 0 unspecified atom stereocenters. The molecule has 4 heteroatoms. The monoisotopic (exact) mass is 310 g/mol. The Labute approximate surface area is 136 Å². The standard InChI is InChI=1S/C19H22N2O2/c1-14-8-9-16(18(23)10-14)11-20-13-19(2,3)21-12-15-6-4-5-7-17(15)22/h4-12,22-23H,13H2,1-3H3. The normalized spacial score (nSPS) is 12.3. The number of rotatable bonds is 5. The summed E-state index contributed by atoms with van der Waals surface area (Å²) in [6, 6.07) is 12.6. The molecule has 0 radical (unpaired) electrons. The van der Waals surface area contributed by atoms with E-state index in [4.69, 9.17) is 0 Å². The van der Waals surface area contributed by atoms with Crippen LogP contribution in [-0.4, -0.2) is 34.7 Å². The molecule has 0 bridgehead atoms. The molecule has 2 N–H and O–H groups in total. The van der Waals surface area contributed by atoms with Gasteiger partial charge in [-0.3, -0.25) is 9.98 Å². The van der Waals surface area contributed by atoms with Crippen LogP contribution in [0.5, 0.6) is 11.5 Å². The number of phenols is 2. The van der Waals surface area contributed by atoms with Crippen molar-refractivity contribution in [2.75, 3.05) is 6.54 Å². The van der Waals surface area contributed by atoms with Crippen LogP contribution in [0.2, 0.25) is 0 Å². The zero-order valence-electron chi connectivity index (χ0n) is 13.7. The van der Waals surface area contributed by atoms with E-state index in [0.29, 0.717) is 17.7 Å². The molecule has 2 rings (SSSR count). The first kappa shape index (κ1) is 16.7. The highest BCUT2D eigenvalue weighted by atomic mass is 16.3. The molecule has 0 saturated heterocycles. The SMILES string of the molecule is Cc1ccc(C=NCC(C)(C)N=Cc2ccccc2O)c(O)c1. The van der Waals surface area contributed by atoms with Gasteiger partial charge >= 0.3 is 0 Å². The number of hydrogen-bond donors (Lipinski definition) is 2. The molecule has 0 aliphatic carbocycles. The third kappa shape index (κ3) is 4.95. The summed E-state index contributed by atoms with van der Waals surface area (Å²) in [5, 5.41) is 19.6. The van der Waals surface area contributed by atoms with Crippen molar-refractivity contribution in [3.63, 3.8) is 0 Å². The Bertz CT molecular complexity index is 734. The average Bonchev–Trinajstić information content (AvgIpc) is 2.49. The van der Waals surface area contributed by atoms with Gasteiger partial charge in [0.1, 0.15) is 11.5 Å². The molecule has 0 heterocycles. The molecule has 120 valence electrons. The third-order valence-corrected chi connectivity index (χ3v) is 3.38. The first-order chi connectivity index (χ1) is 10.9. The molecule has 0 spiro atoms. The van der Waals surface area contributed by atoms with E-state index in [0.717, 1.165) is 5.56 Å². The van der Waals surface area contributed by atoms with Crippen LogP contribution in [0.4, 0.5) is 0 Å². The largest absolute Gasteiger partial charge is 0.507 e. The van der Waals surface area contributed by atoms with Crippen molar-refractivity contribution in [1.82, 2.24) is 0 Å². The molecule has 23 heavy (non-hydrogen) atoms. The smallest absolute Gasteiger partial charge is 0.124 e. The Balaban J connectivity index is 2.03. The number of aryl methyl sites for hydroxylation is 1. The summed E-state index contributed by atoms with van der Waals surface area (Å²) in [5.41, 5.74) is 1.98. The first-order valence-corrected chi connectivity index (χ1v) is 7.50. The first-order valence-electron chi connectivity index (χ1n) is 7.50. The fourth-order valence-corrected chi connectivity index (χ4v) is 2.01. The molecule has 0 aliphatic heterocycles. The molecule has 0 fully saturated rings. The molecular formula is C19H22N2O2. The second-order valence-electron chi connectivity index (χ2n) is 6.16. The van der Waals surface area contributed by atoms with Crippen molar-refractivity contribution in [2.45, 2.75) is 26.3 Å². The van der Waals surface area contributed by atoms with Crippen molar-refractivity contribution < 1.29 is 10.2 Å². The topological polar surface area (TPSA) is 65.2 Å². The summed E-state index contributed by atoms with van der Waals surface area (Å²) in [5.74, 6) is 0.435. The zero-order valence-corrected chi connectivity index (χ0v) is 13.7. The maximum atomic E-state index is 9.85. The van der Waals surface area contributed by atoms with Crippen molar-refractivity contribution >= 4 is 12.4 Å². The van der Waals surface area contributed by atoms with E-state index in [-0.39, 0.29) is 11.5 Å². The fraction of sp³-hybridized carbons (Fsp3) is 0.263. The van der Waals surface area contributed by atoms with Crippen molar-refractivity contribution in [3.05, 3.63) is 59.2 Å². The van der Waals surface area contributed by atoms with Gasteiger partial charge in [-0.25, -0.2) is 0 Å². The number of para-hydroxylation sites is 1. The Morgan fingerprint density at radius 2 is 1.65 bits per heavy atom. The van der Waals surface area contributed by atoms with E-state index in [1.54, 1.807) is 30.6 Å². The second kappa shape index (κ2) is 7.09. The highest BCUT2D eigenvalue weighted by Crippen LogP contribution is 2.18. The van der Waals surface area contributed by atoms with Gasteiger partial charge < -0.3 is 10.2 Å². The molecule has 2 aromatic carbocycles. The van der Waals surface area contributed by atoms with E-state index >= 15 is 0 Å². The number of phenolic OH excluding ortho intramolecular Hbond substituents is 2. The number of aromatic hydroxyl groups is 2. The number of nitrogens with zero attached hydrogens (tertiary/aromatic N) is 2. The summed E-state index contributed by atoms with van der Waals surface area (Å²) in [7, 11) is 0. The summed E-state index contributed by atoms with van der Waals surface area (Å²) >= 11 is 0. The van der Waals surface area contributed by atoms with Crippen LogP contribution in [0.1, 0.15) is 30.5 Å². The number of hydrogen-bond acceptors (Lipinski definition) is 4. The van der Waals surface area contributed by atoms with Crippen molar-refractivity contribution in [3.8, 4) is 11.5 Å². The van der Waals surface area contributed by atoms with Crippen LogP contribution in [0, 0.1) is 6.92 Å². The van der Waals surface area contributed by atoms with Gasteiger partial charge in [-0.1, -0.05) is 18.2 Å². The predicted molar refractivity (Wildman–Crippen MR) is 95.1 cm³/mol.